The lowest BCUT2D eigenvalue weighted by atomic mass is 9.71. The summed E-state index contributed by atoms with van der Waals surface area (Å²) in [5, 5.41) is 0. The van der Waals surface area contributed by atoms with Crippen LogP contribution < -0.4 is 0 Å². The van der Waals surface area contributed by atoms with Crippen LogP contribution in [0.2, 0.25) is 0 Å². The highest BCUT2D eigenvalue weighted by molar-refractivity contribution is 5.06. The molecule has 0 bridgehead atoms. The van der Waals surface area contributed by atoms with Gasteiger partial charge in [0, 0.05) is 6.54 Å². The molecule has 1 heteroatoms. The second-order valence-corrected chi connectivity index (χ2v) is 5.15. The van der Waals surface area contributed by atoms with Gasteiger partial charge in [0.1, 0.15) is 0 Å². The molecule has 1 aliphatic carbocycles. The van der Waals surface area contributed by atoms with Crippen molar-refractivity contribution in [3.63, 3.8) is 0 Å². The van der Waals surface area contributed by atoms with Gasteiger partial charge in [-0.15, -0.1) is 0 Å². The van der Waals surface area contributed by atoms with Gasteiger partial charge in [-0.05, 0) is 43.7 Å². The fraction of sp³-hybridized carbons (Fsp3) is 1.00. The van der Waals surface area contributed by atoms with Crippen LogP contribution in [-0.2, 0) is 0 Å². The van der Waals surface area contributed by atoms with Crippen molar-refractivity contribution in [2.75, 3.05) is 20.1 Å². The average molecular weight is 153 g/mol. The van der Waals surface area contributed by atoms with Crippen LogP contribution in [0.25, 0.3) is 0 Å². The summed E-state index contributed by atoms with van der Waals surface area (Å²) in [6, 6.07) is 0. The summed E-state index contributed by atoms with van der Waals surface area (Å²) in [5.74, 6) is 0. The van der Waals surface area contributed by atoms with E-state index >= 15 is 0 Å². The lowest BCUT2D eigenvalue weighted by molar-refractivity contribution is 0.0541. The largest absolute Gasteiger partial charge is 0.306 e. The van der Waals surface area contributed by atoms with E-state index in [1.807, 2.05) is 0 Å². The molecule has 1 nitrogen and oxygen atoms in total. The molecule has 11 heavy (non-hydrogen) atoms. The summed E-state index contributed by atoms with van der Waals surface area (Å²) in [7, 11) is 2.25. The third kappa shape index (κ3) is 1.01. The second kappa shape index (κ2) is 2.01. The Bertz CT molecular complexity index is 168. The van der Waals surface area contributed by atoms with Crippen molar-refractivity contribution >= 4 is 0 Å². The van der Waals surface area contributed by atoms with Gasteiger partial charge in [0.15, 0.2) is 0 Å². The van der Waals surface area contributed by atoms with Crippen molar-refractivity contribution in [2.24, 2.45) is 10.8 Å². The Morgan fingerprint density at radius 2 is 1.73 bits per heavy atom. The molecule has 0 aromatic rings. The van der Waals surface area contributed by atoms with E-state index in [1.165, 1.54) is 32.4 Å². The fourth-order valence-corrected chi connectivity index (χ4v) is 2.74. The topological polar surface area (TPSA) is 3.24 Å². The lowest BCUT2D eigenvalue weighted by Crippen LogP contribution is -2.44. The molecule has 2 rings (SSSR count). The maximum atomic E-state index is 2.48. The predicted molar refractivity (Wildman–Crippen MR) is 47.6 cm³/mol. The normalized spacial score (nSPS) is 34.1. The number of rotatable bonds is 0. The van der Waals surface area contributed by atoms with Crippen LogP contribution >= 0.6 is 0 Å². The summed E-state index contributed by atoms with van der Waals surface area (Å²) in [6.45, 7) is 7.50. The van der Waals surface area contributed by atoms with E-state index in [1.54, 1.807) is 0 Å². The number of piperidine rings is 1. The second-order valence-electron chi connectivity index (χ2n) is 5.15. The fourth-order valence-electron chi connectivity index (χ4n) is 2.74. The van der Waals surface area contributed by atoms with Gasteiger partial charge < -0.3 is 4.90 Å². The molecule has 2 aliphatic rings. The van der Waals surface area contributed by atoms with Crippen LogP contribution in [-0.4, -0.2) is 25.0 Å². The zero-order valence-corrected chi connectivity index (χ0v) is 7.98. The maximum absolute atomic E-state index is 2.48. The SMILES string of the molecule is CN1CCC2(CC2)C(C)(C)C1. The Labute approximate surface area is 69.8 Å². The van der Waals surface area contributed by atoms with Gasteiger partial charge in [-0.3, -0.25) is 0 Å². The summed E-state index contributed by atoms with van der Waals surface area (Å²) in [5.41, 5.74) is 1.35. The van der Waals surface area contributed by atoms with E-state index in [0.29, 0.717) is 5.41 Å². The Balaban J connectivity index is 2.14. The minimum absolute atomic E-state index is 0.583. The predicted octanol–water partition coefficient (Wildman–Crippen LogP) is 2.13. The smallest absolute Gasteiger partial charge is 0.00350 e. The van der Waals surface area contributed by atoms with Gasteiger partial charge in [0.25, 0.3) is 0 Å². The van der Waals surface area contributed by atoms with Crippen molar-refractivity contribution in [1.82, 2.24) is 4.90 Å². The molecule has 1 saturated carbocycles. The zero-order chi connectivity index (χ0) is 8.11. The van der Waals surface area contributed by atoms with E-state index < -0.39 is 0 Å². The summed E-state index contributed by atoms with van der Waals surface area (Å²) < 4.78 is 0. The summed E-state index contributed by atoms with van der Waals surface area (Å²) in [4.78, 5) is 2.48. The van der Waals surface area contributed by atoms with Gasteiger partial charge in [-0.2, -0.15) is 0 Å². The van der Waals surface area contributed by atoms with Crippen LogP contribution in [0.5, 0.6) is 0 Å². The molecule has 0 unspecified atom stereocenters. The first kappa shape index (κ1) is 7.60. The highest BCUT2D eigenvalue weighted by atomic mass is 15.1. The molecule has 1 heterocycles. The molecule has 2 fully saturated rings. The molecule has 1 spiro atoms. The molecule has 0 radical (unpaired) electrons. The van der Waals surface area contributed by atoms with Gasteiger partial charge in [-0.1, -0.05) is 13.8 Å². The molecule has 0 aromatic heterocycles. The van der Waals surface area contributed by atoms with Gasteiger partial charge in [0.2, 0.25) is 0 Å². The average Bonchev–Trinajstić information content (AvgIpc) is 2.60. The Kier molecular flexibility index (Phi) is 1.39. The summed E-state index contributed by atoms with van der Waals surface area (Å²) >= 11 is 0. The minimum atomic E-state index is 0.583. The van der Waals surface area contributed by atoms with E-state index in [2.05, 4.69) is 25.8 Å². The Hall–Kier alpha value is -0.0400. The van der Waals surface area contributed by atoms with Gasteiger partial charge >= 0.3 is 0 Å². The monoisotopic (exact) mass is 153 g/mol. The van der Waals surface area contributed by atoms with Crippen LogP contribution in [0.15, 0.2) is 0 Å². The molecular weight excluding hydrogens is 134 g/mol. The van der Waals surface area contributed by atoms with Gasteiger partial charge in [-0.25, -0.2) is 0 Å². The number of nitrogens with zero attached hydrogens (tertiary/aromatic N) is 1. The standard InChI is InChI=1S/C10H19N/c1-9(2)8-11(3)7-6-10(9)4-5-10/h4-8H2,1-3H3. The molecule has 0 aromatic carbocycles. The van der Waals surface area contributed by atoms with E-state index in [4.69, 9.17) is 0 Å². The highest BCUT2D eigenvalue weighted by Gasteiger charge is 2.55. The van der Waals surface area contributed by atoms with Crippen molar-refractivity contribution < 1.29 is 0 Å². The number of likely N-dealkylation sites (tertiary alicyclic amines) is 1. The zero-order valence-electron chi connectivity index (χ0n) is 7.98. The van der Waals surface area contributed by atoms with E-state index in [-0.39, 0.29) is 0 Å². The Morgan fingerprint density at radius 1 is 1.09 bits per heavy atom. The first-order chi connectivity index (χ1) is 5.06. The minimum Gasteiger partial charge on any atom is -0.306 e. The van der Waals surface area contributed by atoms with Crippen molar-refractivity contribution in [3.05, 3.63) is 0 Å². The third-order valence-corrected chi connectivity index (χ3v) is 3.93. The Morgan fingerprint density at radius 3 is 2.18 bits per heavy atom. The molecule has 1 saturated heterocycles. The quantitative estimate of drug-likeness (QED) is 0.515. The number of hydrogen-bond acceptors (Lipinski definition) is 1. The van der Waals surface area contributed by atoms with Crippen LogP contribution in [0.1, 0.15) is 33.1 Å². The van der Waals surface area contributed by atoms with E-state index in [9.17, 15) is 0 Å². The van der Waals surface area contributed by atoms with Crippen molar-refractivity contribution in [1.29, 1.82) is 0 Å². The van der Waals surface area contributed by atoms with Crippen molar-refractivity contribution in [2.45, 2.75) is 33.1 Å². The molecular formula is C10H19N. The molecule has 1 aliphatic heterocycles. The molecule has 64 valence electrons. The molecule has 0 N–H and O–H groups in total. The number of hydrogen-bond donors (Lipinski definition) is 0. The van der Waals surface area contributed by atoms with Crippen LogP contribution in [0, 0.1) is 10.8 Å². The van der Waals surface area contributed by atoms with E-state index in [0.717, 1.165) is 5.41 Å². The van der Waals surface area contributed by atoms with Crippen LogP contribution in [0.3, 0.4) is 0 Å². The molecule has 0 amide bonds. The first-order valence-electron chi connectivity index (χ1n) is 4.74. The summed E-state index contributed by atoms with van der Waals surface area (Å²) in [6.07, 6.45) is 4.43. The highest BCUT2D eigenvalue weighted by Crippen LogP contribution is 2.62. The first-order valence-corrected chi connectivity index (χ1v) is 4.74. The maximum Gasteiger partial charge on any atom is 0.00350 e. The van der Waals surface area contributed by atoms with Crippen LogP contribution in [0.4, 0.5) is 0 Å². The van der Waals surface area contributed by atoms with Gasteiger partial charge in [0.05, 0.1) is 0 Å². The third-order valence-electron chi connectivity index (χ3n) is 3.93. The molecule has 0 atom stereocenters. The van der Waals surface area contributed by atoms with Crippen molar-refractivity contribution in [3.8, 4) is 0 Å². The lowest BCUT2D eigenvalue weighted by Gasteiger charge is -2.43.